The highest BCUT2D eigenvalue weighted by molar-refractivity contribution is 6.35. The molecule has 4 aromatic carbocycles. The number of non-ortho nitro benzene ring substituents is 1. The van der Waals surface area contributed by atoms with Crippen LogP contribution in [0.2, 0.25) is 15.1 Å². The second-order valence-electron chi connectivity index (χ2n) is 9.11. The standard InChI is InChI=1S/C30H17Cl3N4O5/c31-20-7-9-27-18(11-20)13-28(42-27)29-35-25-4-2-1-3-23(25)30(38)36(29)34-15-19-12-22(37(39)40)8-10-26(19)41-16-17-5-6-21(32)14-24(17)33/h1-15H,16H2. The number of fused-ring (bicyclic) bond motifs is 2. The van der Waals surface area contributed by atoms with Crippen molar-refractivity contribution in [3.05, 3.63) is 132 Å². The monoisotopic (exact) mass is 618 g/mol. The zero-order chi connectivity index (χ0) is 29.4. The van der Waals surface area contributed by atoms with Gasteiger partial charge in [0, 0.05) is 43.7 Å². The number of rotatable bonds is 7. The normalized spacial score (nSPS) is 11.5. The Morgan fingerprint density at radius 1 is 0.976 bits per heavy atom. The Morgan fingerprint density at radius 3 is 2.57 bits per heavy atom. The summed E-state index contributed by atoms with van der Waals surface area (Å²) in [6.45, 7) is 0.0545. The van der Waals surface area contributed by atoms with Crippen LogP contribution in [0.5, 0.6) is 5.75 Å². The summed E-state index contributed by atoms with van der Waals surface area (Å²) in [5, 5.41) is 18.4. The topological polar surface area (TPSA) is 113 Å². The number of halogens is 3. The summed E-state index contributed by atoms with van der Waals surface area (Å²) in [6.07, 6.45) is 1.30. The highest BCUT2D eigenvalue weighted by atomic mass is 35.5. The van der Waals surface area contributed by atoms with Crippen molar-refractivity contribution in [2.24, 2.45) is 5.10 Å². The Kier molecular flexibility index (Phi) is 7.38. The second kappa shape index (κ2) is 11.3. The number of nitro groups is 1. The van der Waals surface area contributed by atoms with Crippen molar-refractivity contribution in [2.45, 2.75) is 6.61 Å². The molecule has 2 aromatic heterocycles. The number of ether oxygens (including phenoxy) is 1. The van der Waals surface area contributed by atoms with Gasteiger partial charge in [-0.05, 0) is 54.6 Å². The molecule has 0 aliphatic rings. The maximum absolute atomic E-state index is 13.6. The summed E-state index contributed by atoms with van der Waals surface area (Å²) in [5.41, 5.74) is 1.24. The smallest absolute Gasteiger partial charge is 0.282 e. The SMILES string of the molecule is O=c1c2ccccc2nc(-c2cc3cc(Cl)ccc3o2)n1N=Cc1cc([N+](=O)[O-])ccc1OCc1ccc(Cl)cc1Cl. The van der Waals surface area contributed by atoms with Gasteiger partial charge in [0.2, 0.25) is 5.82 Å². The maximum atomic E-state index is 13.6. The molecular weight excluding hydrogens is 603 g/mol. The third-order valence-electron chi connectivity index (χ3n) is 6.37. The number of furan rings is 1. The molecule has 0 unspecified atom stereocenters. The Balaban J connectivity index is 1.46. The average Bonchev–Trinajstić information content (AvgIpc) is 3.39. The van der Waals surface area contributed by atoms with Crippen LogP contribution in [-0.4, -0.2) is 20.8 Å². The molecule has 12 heteroatoms. The molecule has 0 bridgehead atoms. The number of nitro benzene ring substituents is 1. The van der Waals surface area contributed by atoms with Crippen LogP contribution in [0.4, 0.5) is 5.69 Å². The minimum Gasteiger partial charge on any atom is -0.488 e. The van der Waals surface area contributed by atoms with Gasteiger partial charge in [-0.3, -0.25) is 14.9 Å². The summed E-state index contributed by atoms with van der Waals surface area (Å²) in [4.78, 5) is 29.3. The number of benzene rings is 4. The molecule has 0 N–H and O–H groups in total. The van der Waals surface area contributed by atoms with E-state index < -0.39 is 10.5 Å². The van der Waals surface area contributed by atoms with E-state index in [2.05, 4.69) is 10.1 Å². The van der Waals surface area contributed by atoms with Crippen LogP contribution in [0, 0.1) is 10.1 Å². The van der Waals surface area contributed by atoms with Crippen molar-refractivity contribution in [3.8, 4) is 17.3 Å². The number of nitrogens with zero attached hydrogens (tertiary/aromatic N) is 4. The third kappa shape index (κ3) is 5.45. The van der Waals surface area contributed by atoms with Crippen LogP contribution in [-0.2, 0) is 6.61 Å². The molecule has 6 rings (SSSR count). The van der Waals surface area contributed by atoms with E-state index in [0.29, 0.717) is 42.5 Å². The Labute approximate surface area is 252 Å². The molecule has 0 radical (unpaired) electrons. The molecule has 0 saturated heterocycles. The first-order chi connectivity index (χ1) is 20.3. The van der Waals surface area contributed by atoms with Gasteiger partial charge in [0.1, 0.15) is 17.9 Å². The number of para-hydroxylation sites is 1. The molecule has 0 atom stereocenters. The predicted octanol–water partition coefficient (Wildman–Crippen LogP) is 8.14. The minimum atomic E-state index is -0.536. The Hall–Kier alpha value is -4.70. The third-order valence-corrected chi connectivity index (χ3v) is 7.19. The molecule has 0 saturated carbocycles. The molecule has 42 heavy (non-hydrogen) atoms. The van der Waals surface area contributed by atoms with Gasteiger partial charge < -0.3 is 9.15 Å². The van der Waals surface area contributed by atoms with Crippen molar-refractivity contribution >= 4 is 68.6 Å². The lowest BCUT2D eigenvalue weighted by molar-refractivity contribution is -0.384. The van der Waals surface area contributed by atoms with Crippen molar-refractivity contribution < 1.29 is 14.1 Å². The lowest BCUT2D eigenvalue weighted by Gasteiger charge is -2.11. The van der Waals surface area contributed by atoms with E-state index in [4.69, 9.17) is 44.0 Å². The number of hydrogen-bond donors (Lipinski definition) is 0. The van der Waals surface area contributed by atoms with Crippen molar-refractivity contribution in [1.82, 2.24) is 9.66 Å². The van der Waals surface area contributed by atoms with Crippen LogP contribution in [0.3, 0.4) is 0 Å². The van der Waals surface area contributed by atoms with E-state index in [1.165, 1.54) is 24.4 Å². The van der Waals surface area contributed by atoms with Gasteiger partial charge in [0.25, 0.3) is 11.2 Å². The first kappa shape index (κ1) is 27.5. The summed E-state index contributed by atoms with van der Waals surface area (Å²) in [7, 11) is 0. The van der Waals surface area contributed by atoms with Crippen LogP contribution < -0.4 is 10.3 Å². The second-order valence-corrected chi connectivity index (χ2v) is 10.4. The maximum Gasteiger partial charge on any atom is 0.282 e. The van der Waals surface area contributed by atoms with E-state index in [9.17, 15) is 14.9 Å². The zero-order valence-electron chi connectivity index (χ0n) is 21.3. The number of aromatic nitrogens is 2. The zero-order valence-corrected chi connectivity index (χ0v) is 23.6. The summed E-state index contributed by atoms with van der Waals surface area (Å²) >= 11 is 18.4. The number of hydrogen-bond acceptors (Lipinski definition) is 7. The molecule has 9 nitrogen and oxygen atoms in total. The molecule has 0 fully saturated rings. The fourth-order valence-electron chi connectivity index (χ4n) is 4.31. The fraction of sp³-hybridized carbons (Fsp3) is 0.0333. The van der Waals surface area contributed by atoms with Gasteiger partial charge in [-0.25, -0.2) is 4.98 Å². The lowest BCUT2D eigenvalue weighted by Crippen LogP contribution is -2.20. The molecular formula is C30H17Cl3N4O5. The molecule has 208 valence electrons. The van der Waals surface area contributed by atoms with Crippen molar-refractivity contribution in [2.75, 3.05) is 0 Å². The van der Waals surface area contributed by atoms with Gasteiger partial charge >= 0.3 is 0 Å². The highest BCUT2D eigenvalue weighted by Gasteiger charge is 2.18. The summed E-state index contributed by atoms with van der Waals surface area (Å²) in [5.74, 6) is 0.681. The molecule has 0 aliphatic carbocycles. The Morgan fingerprint density at radius 2 is 1.76 bits per heavy atom. The first-order valence-electron chi connectivity index (χ1n) is 12.4. The minimum absolute atomic E-state index is 0.0545. The van der Waals surface area contributed by atoms with Crippen LogP contribution in [0.1, 0.15) is 11.1 Å². The highest BCUT2D eigenvalue weighted by Crippen LogP contribution is 2.30. The van der Waals surface area contributed by atoms with Crippen molar-refractivity contribution in [1.29, 1.82) is 0 Å². The summed E-state index contributed by atoms with van der Waals surface area (Å²) < 4.78 is 13.0. The van der Waals surface area contributed by atoms with Gasteiger partial charge in [0.05, 0.1) is 22.0 Å². The van der Waals surface area contributed by atoms with Gasteiger partial charge in [0.15, 0.2) is 5.76 Å². The van der Waals surface area contributed by atoms with Gasteiger partial charge in [-0.15, -0.1) is 0 Å². The van der Waals surface area contributed by atoms with Crippen LogP contribution in [0.15, 0.2) is 99.2 Å². The Bertz CT molecular complexity index is 2110. The van der Waals surface area contributed by atoms with Crippen LogP contribution >= 0.6 is 34.8 Å². The van der Waals surface area contributed by atoms with E-state index >= 15 is 0 Å². The summed E-state index contributed by atoms with van der Waals surface area (Å²) in [6, 6.07) is 22.7. The fourth-order valence-corrected chi connectivity index (χ4v) is 4.95. The quantitative estimate of drug-likeness (QED) is 0.101. The predicted molar refractivity (Wildman–Crippen MR) is 163 cm³/mol. The van der Waals surface area contributed by atoms with Gasteiger partial charge in [-0.2, -0.15) is 9.78 Å². The molecule has 2 heterocycles. The lowest BCUT2D eigenvalue weighted by atomic mass is 10.2. The van der Waals surface area contributed by atoms with E-state index in [-0.39, 0.29) is 35.2 Å². The largest absolute Gasteiger partial charge is 0.488 e. The molecule has 0 spiro atoms. The van der Waals surface area contributed by atoms with E-state index in [1.807, 2.05) is 0 Å². The van der Waals surface area contributed by atoms with E-state index in [0.717, 1.165) is 4.68 Å². The van der Waals surface area contributed by atoms with Crippen molar-refractivity contribution in [3.63, 3.8) is 0 Å². The first-order valence-corrected chi connectivity index (χ1v) is 13.5. The molecule has 0 amide bonds. The molecule has 6 aromatic rings. The van der Waals surface area contributed by atoms with Crippen LogP contribution in [0.25, 0.3) is 33.5 Å². The average molecular weight is 620 g/mol. The molecule has 0 aliphatic heterocycles. The van der Waals surface area contributed by atoms with E-state index in [1.54, 1.807) is 66.7 Å². The van der Waals surface area contributed by atoms with Gasteiger partial charge in [-0.1, -0.05) is 53.0 Å².